The molecule has 0 aromatic carbocycles. The van der Waals surface area contributed by atoms with E-state index in [2.05, 4.69) is 20.2 Å². The van der Waals surface area contributed by atoms with Gasteiger partial charge in [0.1, 0.15) is 17.8 Å². The lowest BCUT2D eigenvalue weighted by molar-refractivity contribution is 0.0714. The molecule has 0 bridgehead atoms. The highest BCUT2D eigenvalue weighted by Gasteiger charge is 2.26. The summed E-state index contributed by atoms with van der Waals surface area (Å²) in [6.07, 6.45) is 4.99. The van der Waals surface area contributed by atoms with Gasteiger partial charge in [-0.25, -0.2) is 9.97 Å². The van der Waals surface area contributed by atoms with E-state index in [4.69, 9.17) is 4.42 Å². The molecule has 8 heteroatoms. The number of carbonyl (C=O) groups is 2. The minimum Gasteiger partial charge on any atom is -0.459 e. The van der Waals surface area contributed by atoms with Crippen LogP contribution in [-0.4, -0.2) is 58.9 Å². The number of anilines is 1. The van der Waals surface area contributed by atoms with Gasteiger partial charge in [0.05, 0.1) is 6.26 Å². The quantitative estimate of drug-likeness (QED) is 0.889. The third kappa shape index (κ3) is 3.47. The molecular weight excluding hydrogens is 322 g/mol. The van der Waals surface area contributed by atoms with Crippen LogP contribution >= 0.6 is 0 Å². The monoisotopic (exact) mass is 341 g/mol. The van der Waals surface area contributed by atoms with Crippen LogP contribution in [-0.2, 0) is 0 Å². The van der Waals surface area contributed by atoms with E-state index >= 15 is 0 Å². The van der Waals surface area contributed by atoms with Crippen LogP contribution in [0.25, 0.3) is 0 Å². The Morgan fingerprint density at radius 3 is 2.64 bits per heavy atom. The molecule has 1 saturated carbocycles. The van der Waals surface area contributed by atoms with E-state index < -0.39 is 0 Å². The van der Waals surface area contributed by atoms with Crippen molar-refractivity contribution in [2.75, 3.05) is 31.1 Å². The predicted molar refractivity (Wildman–Crippen MR) is 89.3 cm³/mol. The Morgan fingerprint density at radius 1 is 1.16 bits per heavy atom. The molecule has 2 aromatic rings. The van der Waals surface area contributed by atoms with Crippen molar-refractivity contribution in [2.24, 2.45) is 0 Å². The normalized spacial score (nSPS) is 17.4. The summed E-state index contributed by atoms with van der Waals surface area (Å²) in [4.78, 5) is 36.6. The van der Waals surface area contributed by atoms with Gasteiger partial charge in [0.15, 0.2) is 5.76 Å². The maximum absolute atomic E-state index is 12.3. The Hall–Kier alpha value is -2.90. The third-order valence-corrected chi connectivity index (χ3v) is 4.42. The molecule has 2 aromatic heterocycles. The number of piperazine rings is 1. The van der Waals surface area contributed by atoms with Crippen LogP contribution in [0.15, 0.2) is 35.2 Å². The number of aromatic nitrogens is 2. The molecule has 1 aliphatic carbocycles. The number of rotatable bonds is 4. The first kappa shape index (κ1) is 15.6. The largest absolute Gasteiger partial charge is 0.459 e. The van der Waals surface area contributed by atoms with Crippen molar-refractivity contribution in [3.05, 3.63) is 42.2 Å². The number of hydrogen-bond donors (Lipinski definition) is 1. The summed E-state index contributed by atoms with van der Waals surface area (Å²) in [6.45, 7) is 2.45. The molecule has 0 atom stereocenters. The summed E-state index contributed by atoms with van der Waals surface area (Å²) in [5.41, 5.74) is 0.381. The Kier molecular flexibility index (Phi) is 4.09. The maximum atomic E-state index is 12.3. The van der Waals surface area contributed by atoms with E-state index in [1.54, 1.807) is 23.1 Å². The Bertz CT molecular complexity index is 764. The third-order valence-electron chi connectivity index (χ3n) is 4.42. The van der Waals surface area contributed by atoms with E-state index in [0.29, 0.717) is 49.5 Å². The molecule has 0 radical (unpaired) electrons. The molecular formula is C17H19N5O3. The van der Waals surface area contributed by atoms with Crippen molar-refractivity contribution in [3.63, 3.8) is 0 Å². The number of furan rings is 1. The summed E-state index contributed by atoms with van der Waals surface area (Å²) in [5, 5.41) is 2.93. The van der Waals surface area contributed by atoms with Gasteiger partial charge < -0.3 is 19.5 Å². The summed E-state index contributed by atoms with van der Waals surface area (Å²) in [5.74, 6) is 0.810. The Labute approximate surface area is 144 Å². The van der Waals surface area contributed by atoms with Gasteiger partial charge in [0.2, 0.25) is 0 Å². The fraction of sp³-hybridized carbons (Fsp3) is 0.412. The average molecular weight is 341 g/mol. The van der Waals surface area contributed by atoms with Crippen LogP contribution in [0.5, 0.6) is 0 Å². The smallest absolute Gasteiger partial charge is 0.289 e. The number of amides is 2. The highest BCUT2D eigenvalue weighted by Crippen LogP contribution is 2.20. The van der Waals surface area contributed by atoms with Gasteiger partial charge >= 0.3 is 0 Å². The molecule has 130 valence electrons. The van der Waals surface area contributed by atoms with E-state index in [9.17, 15) is 9.59 Å². The SMILES string of the molecule is O=C(NC1CC1)c1cc(N2CCN(C(=O)c3ccco3)CC2)ncn1. The summed E-state index contributed by atoms with van der Waals surface area (Å²) < 4.78 is 5.17. The molecule has 3 heterocycles. The van der Waals surface area contributed by atoms with Crippen molar-refractivity contribution in [3.8, 4) is 0 Å². The fourth-order valence-electron chi connectivity index (χ4n) is 2.83. The molecule has 2 amide bonds. The zero-order chi connectivity index (χ0) is 17.2. The van der Waals surface area contributed by atoms with E-state index in [-0.39, 0.29) is 11.8 Å². The van der Waals surface area contributed by atoms with Gasteiger partial charge in [-0.3, -0.25) is 9.59 Å². The first-order chi connectivity index (χ1) is 12.2. The van der Waals surface area contributed by atoms with Crippen LogP contribution in [0.4, 0.5) is 5.82 Å². The van der Waals surface area contributed by atoms with Crippen LogP contribution in [0.2, 0.25) is 0 Å². The van der Waals surface area contributed by atoms with Gasteiger partial charge in [0, 0.05) is 38.3 Å². The minimum absolute atomic E-state index is 0.100. The van der Waals surface area contributed by atoms with E-state index in [0.717, 1.165) is 12.8 Å². The number of carbonyl (C=O) groups excluding carboxylic acids is 2. The Morgan fingerprint density at radius 2 is 1.96 bits per heavy atom. The first-order valence-electron chi connectivity index (χ1n) is 8.41. The first-order valence-corrected chi connectivity index (χ1v) is 8.41. The van der Waals surface area contributed by atoms with Crippen molar-refractivity contribution in [1.29, 1.82) is 0 Å². The second-order valence-corrected chi connectivity index (χ2v) is 6.27. The standard InChI is InChI=1S/C17H19N5O3/c23-16(20-12-3-4-12)13-10-15(19-11-18-13)21-5-7-22(8-6-21)17(24)14-2-1-9-25-14/h1-2,9-12H,3-8H2,(H,20,23). The van der Waals surface area contributed by atoms with E-state index in [1.807, 2.05) is 0 Å². The predicted octanol–water partition coefficient (Wildman–Crippen LogP) is 0.924. The average Bonchev–Trinajstić information content (AvgIpc) is 3.30. The van der Waals surface area contributed by atoms with Crippen molar-refractivity contribution < 1.29 is 14.0 Å². The van der Waals surface area contributed by atoms with Gasteiger partial charge in [-0.15, -0.1) is 0 Å². The fourth-order valence-corrected chi connectivity index (χ4v) is 2.83. The Balaban J connectivity index is 1.38. The molecule has 0 spiro atoms. The van der Waals surface area contributed by atoms with Crippen LogP contribution in [0.3, 0.4) is 0 Å². The van der Waals surface area contributed by atoms with Gasteiger partial charge in [-0.1, -0.05) is 0 Å². The van der Waals surface area contributed by atoms with Crippen LogP contribution in [0, 0.1) is 0 Å². The highest BCUT2D eigenvalue weighted by molar-refractivity contribution is 5.93. The minimum atomic E-state index is -0.155. The van der Waals surface area contributed by atoms with Gasteiger partial charge in [-0.2, -0.15) is 0 Å². The topological polar surface area (TPSA) is 91.6 Å². The lowest BCUT2D eigenvalue weighted by Crippen LogP contribution is -2.49. The molecule has 1 N–H and O–H groups in total. The molecule has 1 aliphatic heterocycles. The molecule has 1 saturated heterocycles. The molecule has 25 heavy (non-hydrogen) atoms. The van der Waals surface area contributed by atoms with Crippen molar-refractivity contribution >= 4 is 17.6 Å². The summed E-state index contributed by atoms with van der Waals surface area (Å²) in [6, 6.07) is 5.38. The zero-order valence-electron chi connectivity index (χ0n) is 13.7. The molecule has 4 rings (SSSR count). The van der Waals surface area contributed by atoms with Crippen LogP contribution < -0.4 is 10.2 Å². The molecule has 0 unspecified atom stereocenters. The summed E-state index contributed by atoms with van der Waals surface area (Å²) >= 11 is 0. The number of nitrogens with one attached hydrogen (secondary N) is 1. The van der Waals surface area contributed by atoms with Gasteiger partial charge in [0.25, 0.3) is 11.8 Å². The molecule has 2 aliphatic rings. The van der Waals surface area contributed by atoms with Gasteiger partial charge in [-0.05, 0) is 25.0 Å². The van der Waals surface area contributed by atoms with Crippen LogP contribution in [0.1, 0.15) is 33.9 Å². The lowest BCUT2D eigenvalue weighted by Gasteiger charge is -2.35. The highest BCUT2D eigenvalue weighted by atomic mass is 16.3. The molecule has 2 fully saturated rings. The van der Waals surface area contributed by atoms with Crippen molar-refractivity contribution in [1.82, 2.24) is 20.2 Å². The maximum Gasteiger partial charge on any atom is 0.289 e. The zero-order valence-corrected chi connectivity index (χ0v) is 13.7. The molecule has 8 nitrogen and oxygen atoms in total. The van der Waals surface area contributed by atoms with E-state index in [1.165, 1.54) is 12.6 Å². The number of nitrogens with zero attached hydrogens (tertiary/aromatic N) is 4. The number of hydrogen-bond acceptors (Lipinski definition) is 6. The second kappa shape index (κ2) is 6.54. The second-order valence-electron chi connectivity index (χ2n) is 6.27. The summed E-state index contributed by atoms with van der Waals surface area (Å²) in [7, 11) is 0. The lowest BCUT2D eigenvalue weighted by atomic mass is 10.2. The van der Waals surface area contributed by atoms with Crippen molar-refractivity contribution in [2.45, 2.75) is 18.9 Å².